The summed E-state index contributed by atoms with van der Waals surface area (Å²) in [4.78, 5) is 29.9. The molecule has 3 aliphatic heterocycles. The van der Waals surface area contributed by atoms with Crippen LogP contribution in [0.15, 0.2) is 121 Å². The van der Waals surface area contributed by atoms with Crippen molar-refractivity contribution in [3.63, 3.8) is 0 Å². The quantitative estimate of drug-likeness (QED) is 0.149. The molecule has 5 aromatic carbocycles. The molecule has 9 heteroatoms. The number of nitrogens with zero attached hydrogens (tertiary/aromatic N) is 2. The van der Waals surface area contributed by atoms with Gasteiger partial charge in [0.15, 0.2) is 6.29 Å². The van der Waals surface area contributed by atoms with Gasteiger partial charge in [-0.3, -0.25) is 14.5 Å². The van der Waals surface area contributed by atoms with Crippen molar-refractivity contribution in [3.05, 3.63) is 165 Å². The summed E-state index contributed by atoms with van der Waals surface area (Å²) in [6.45, 7) is 2.31. The van der Waals surface area contributed by atoms with Gasteiger partial charge in [0.1, 0.15) is 0 Å². The SMILES string of the molecule is O=C1c2ccccc2C(=O)N1Cc1ccccc1-c1ccc([C@@H]2O[C@H](CN3CCC(O)(c4ccc(Cl)cc4)CC3)C[C@H](c3ccc(CO)cc3)O2)cc1. The van der Waals surface area contributed by atoms with Gasteiger partial charge in [-0.2, -0.15) is 0 Å². The van der Waals surface area contributed by atoms with E-state index in [1.54, 1.807) is 24.3 Å². The van der Waals surface area contributed by atoms with Crippen LogP contribution >= 0.6 is 11.6 Å². The number of carbonyl (C=O) groups is 2. The van der Waals surface area contributed by atoms with Crippen molar-refractivity contribution in [3.8, 4) is 11.1 Å². The summed E-state index contributed by atoms with van der Waals surface area (Å²) in [5.41, 5.74) is 6.38. The number of halogens is 1. The monoisotopic (exact) mass is 728 g/mol. The lowest BCUT2D eigenvalue weighted by molar-refractivity contribution is -0.253. The van der Waals surface area contributed by atoms with Crippen LogP contribution in [-0.4, -0.2) is 57.6 Å². The molecule has 2 fully saturated rings. The molecule has 2 saturated heterocycles. The van der Waals surface area contributed by atoms with Crippen molar-refractivity contribution in [2.75, 3.05) is 19.6 Å². The van der Waals surface area contributed by atoms with Crippen LogP contribution < -0.4 is 0 Å². The number of rotatable bonds is 9. The Balaban J connectivity index is 0.994. The van der Waals surface area contributed by atoms with Gasteiger partial charge in [-0.1, -0.05) is 109 Å². The number of fused-ring (bicyclic) bond motifs is 1. The fourth-order valence-electron chi connectivity index (χ4n) is 7.79. The summed E-state index contributed by atoms with van der Waals surface area (Å²) in [6.07, 6.45) is 0.929. The molecular formula is C44H41ClN2O6. The van der Waals surface area contributed by atoms with Gasteiger partial charge in [0.05, 0.1) is 42.1 Å². The fourth-order valence-corrected chi connectivity index (χ4v) is 7.91. The van der Waals surface area contributed by atoms with Crippen LogP contribution in [-0.2, 0) is 28.2 Å². The summed E-state index contributed by atoms with van der Waals surface area (Å²) < 4.78 is 13.3. The van der Waals surface area contributed by atoms with E-state index in [4.69, 9.17) is 21.1 Å². The third kappa shape index (κ3) is 7.31. The Morgan fingerprint density at radius 3 is 1.96 bits per heavy atom. The summed E-state index contributed by atoms with van der Waals surface area (Å²) >= 11 is 6.10. The zero-order chi connectivity index (χ0) is 36.5. The Morgan fingerprint density at radius 1 is 0.717 bits per heavy atom. The lowest BCUT2D eigenvalue weighted by atomic mass is 9.84. The van der Waals surface area contributed by atoms with Crippen molar-refractivity contribution in [1.29, 1.82) is 0 Å². The Labute approximate surface area is 314 Å². The van der Waals surface area contributed by atoms with Crippen LogP contribution in [0.5, 0.6) is 0 Å². The maximum absolute atomic E-state index is 13.1. The molecule has 3 aliphatic rings. The van der Waals surface area contributed by atoms with Gasteiger partial charge in [-0.15, -0.1) is 0 Å². The number of hydrogen-bond donors (Lipinski definition) is 2. The molecule has 8 rings (SSSR count). The Kier molecular flexibility index (Phi) is 10.0. The molecule has 0 aliphatic carbocycles. The first-order chi connectivity index (χ1) is 25.8. The standard InChI is InChI=1S/C44H41ClN2O6/c45-35-19-17-34(18-20-35)44(51)21-23-46(24-22-44)27-36-25-40(31-11-9-29(28-48)10-12-31)53-43(52-36)32-15-13-30(14-16-32)37-6-2-1-5-33(37)26-47-41(49)38-7-3-4-8-39(38)42(47)50/h1-20,36,40,43,48,51H,21-28H2/t36-,40+,43+/m0/s1. The van der Waals surface area contributed by atoms with E-state index in [-0.39, 0.29) is 37.2 Å². The third-order valence-electron chi connectivity index (χ3n) is 10.9. The molecular weight excluding hydrogens is 688 g/mol. The van der Waals surface area contributed by atoms with E-state index >= 15 is 0 Å². The Bertz CT molecular complexity index is 2060. The number of aliphatic hydroxyl groups is 2. The maximum atomic E-state index is 13.1. The predicted octanol–water partition coefficient (Wildman–Crippen LogP) is 7.82. The van der Waals surface area contributed by atoms with Crippen LogP contribution in [0.4, 0.5) is 0 Å². The average Bonchev–Trinajstić information content (AvgIpc) is 3.44. The highest BCUT2D eigenvalue weighted by molar-refractivity contribution is 6.30. The highest BCUT2D eigenvalue weighted by atomic mass is 35.5. The van der Waals surface area contributed by atoms with E-state index in [9.17, 15) is 19.8 Å². The van der Waals surface area contributed by atoms with Crippen LogP contribution in [0.1, 0.15) is 80.2 Å². The second-order valence-electron chi connectivity index (χ2n) is 14.2. The van der Waals surface area contributed by atoms with Crippen LogP contribution in [0.25, 0.3) is 11.1 Å². The molecule has 0 bridgehead atoms. The number of amides is 2. The van der Waals surface area contributed by atoms with E-state index in [0.717, 1.165) is 52.0 Å². The van der Waals surface area contributed by atoms with Crippen LogP contribution in [0.3, 0.4) is 0 Å². The summed E-state index contributed by atoms with van der Waals surface area (Å²) in [5, 5.41) is 21.7. The Morgan fingerprint density at radius 2 is 1.32 bits per heavy atom. The molecule has 270 valence electrons. The molecule has 3 heterocycles. The van der Waals surface area contributed by atoms with Gasteiger partial charge >= 0.3 is 0 Å². The molecule has 0 unspecified atom stereocenters. The van der Waals surface area contributed by atoms with Gasteiger partial charge < -0.3 is 24.6 Å². The van der Waals surface area contributed by atoms with Crippen molar-refractivity contribution in [2.24, 2.45) is 0 Å². The number of imide groups is 1. The maximum Gasteiger partial charge on any atom is 0.261 e. The van der Waals surface area contributed by atoms with Crippen molar-refractivity contribution < 1.29 is 29.3 Å². The second kappa shape index (κ2) is 15.0. The van der Waals surface area contributed by atoms with E-state index < -0.39 is 11.9 Å². The highest BCUT2D eigenvalue weighted by Crippen LogP contribution is 2.40. The first-order valence-electron chi connectivity index (χ1n) is 18.1. The normalized spacial score (nSPS) is 21.5. The molecule has 0 spiro atoms. The number of carbonyl (C=O) groups excluding carboxylic acids is 2. The van der Waals surface area contributed by atoms with E-state index in [1.165, 1.54) is 4.90 Å². The first-order valence-corrected chi connectivity index (χ1v) is 18.5. The molecule has 3 atom stereocenters. The first kappa shape index (κ1) is 35.4. The molecule has 2 amide bonds. The lowest BCUT2D eigenvalue weighted by Crippen LogP contribution is -2.46. The minimum atomic E-state index is -0.887. The topological polar surface area (TPSA) is 99.5 Å². The average molecular weight is 729 g/mol. The Hall–Kier alpha value is -4.67. The number of likely N-dealkylation sites (tertiary alicyclic amines) is 1. The molecule has 0 radical (unpaired) electrons. The van der Waals surface area contributed by atoms with Gasteiger partial charge in [-0.25, -0.2) is 0 Å². The van der Waals surface area contributed by atoms with Crippen molar-refractivity contribution in [1.82, 2.24) is 9.80 Å². The molecule has 0 saturated carbocycles. The molecule has 53 heavy (non-hydrogen) atoms. The number of aliphatic hydroxyl groups excluding tert-OH is 1. The molecule has 8 nitrogen and oxygen atoms in total. The van der Waals surface area contributed by atoms with E-state index in [2.05, 4.69) is 4.90 Å². The van der Waals surface area contributed by atoms with E-state index in [1.807, 2.05) is 97.1 Å². The van der Waals surface area contributed by atoms with E-state index in [0.29, 0.717) is 42.0 Å². The van der Waals surface area contributed by atoms with Gasteiger partial charge in [0.25, 0.3) is 11.8 Å². The fraction of sp³-hybridized carbons (Fsp3) is 0.273. The summed E-state index contributed by atoms with van der Waals surface area (Å²) in [7, 11) is 0. The minimum Gasteiger partial charge on any atom is -0.392 e. The second-order valence-corrected chi connectivity index (χ2v) is 14.6. The number of benzene rings is 5. The third-order valence-corrected chi connectivity index (χ3v) is 11.1. The number of ether oxygens (including phenoxy) is 2. The minimum absolute atomic E-state index is 0.0226. The molecule has 0 aromatic heterocycles. The smallest absolute Gasteiger partial charge is 0.261 e. The van der Waals surface area contributed by atoms with Gasteiger partial charge in [0.2, 0.25) is 0 Å². The molecule has 5 aromatic rings. The lowest BCUT2D eigenvalue weighted by Gasteiger charge is -2.42. The largest absolute Gasteiger partial charge is 0.392 e. The zero-order valence-corrected chi connectivity index (χ0v) is 30.0. The van der Waals surface area contributed by atoms with Crippen LogP contribution in [0.2, 0.25) is 5.02 Å². The number of piperidine rings is 1. The van der Waals surface area contributed by atoms with Gasteiger partial charge in [0, 0.05) is 36.6 Å². The van der Waals surface area contributed by atoms with Gasteiger partial charge in [-0.05, 0) is 70.5 Å². The summed E-state index contributed by atoms with van der Waals surface area (Å²) in [5.74, 6) is -0.557. The predicted molar refractivity (Wildman–Crippen MR) is 202 cm³/mol. The van der Waals surface area contributed by atoms with Crippen molar-refractivity contribution in [2.45, 2.75) is 56.5 Å². The number of hydrogen-bond acceptors (Lipinski definition) is 7. The molecule has 2 N–H and O–H groups in total. The highest BCUT2D eigenvalue weighted by Gasteiger charge is 2.38. The van der Waals surface area contributed by atoms with Crippen LogP contribution in [0, 0.1) is 0 Å². The van der Waals surface area contributed by atoms with Crippen molar-refractivity contribution >= 4 is 23.4 Å². The summed E-state index contributed by atoms with van der Waals surface area (Å²) in [6, 6.07) is 38.2. The zero-order valence-electron chi connectivity index (χ0n) is 29.2.